The van der Waals surface area contributed by atoms with Crippen molar-refractivity contribution in [1.29, 1.82) is 0 Å². The van der Waals surface area contributed by atoms with Gasteiger partial charge in [-0.15, -0.1) is 0 Å². The second-order valence-corrected chi connectivity index (χ2v) is 12.9. The van der Waals surface area contributed by atoms with E-state index in [0.717, 1.165) is 36.7 Å². The number of carbonyl (C=O) groups excluding carboxylic acids is 2. The highest BCUT2D eigenvalue weighted by atomic mass is 35.5. The summed E-state index contributed by atoms with van der Waals surface area (Å²) < 4.78 is 36.4. The number of rotatable bonds is 7. The van der Waals surface area contributed by atoms with Crippen LogP contribution in [0.15, 0.2) is 60.7 Å². The number of hydrogen-bond donors (Lipinski definition) is 2. The zero-order chi connectivity index (χ0) is 28.6. The third-order valence-corrected chi connectivity index (χ3v) is 9.22. The lowest BCUT2D eigenvalue weighted by Crippen LogP contribution is -2.48. The van der Waals surface area contributed by atoms with Crippen molar-refractivity contribution in [3.05, 3.63) is 82.4 Å². The predicted molar refractivity (Wildman–Crippen MR) is 155 cm³/mol. The Bertz CT molecular complexity index is 1610. The molecular formula is C29H29ClN4O6S. The topological polar surface area (TPSA) is 117 Å². The van der Waals surface area contributed by atoms with E-state index >= 15 is 0 Å². The molecule has 214 valence electrons. The van der Waals surface area contributed by atoms with E-state index in [1.807, 2.05) is 18.2 Å². The van der Waals surface area contributed by atoms with Gasteiger partial charge in [0.15, 0.2) is 21.3 Å². The highest BCUT2D eigenvalue weighted by molar-refractivity contribution is 7.90. The van der Waals surface area contributed by atoms with Gasteiger partial charge >= 0.3 is 0 Å². The summed E-state index contributed by atoms with van der Waals surface area (Å²) in [6.45, 7) is 3.62. The van der Waals surface area contributed by atoms with Crippen molar-refractivity contribution in [2.75, 3.05) is 49.4 Å². The summed E-state index contributed by atoms with van der Waals surface area (Å²) >= 11 is 5.97. The Labute approximate surface area is 243 Å². The fourth-order valence-electron chi connectivity index (χ4n) is 5.28. The van der Waals surface area contributed by atoms with Crippen LogP contribution in [0.4, 0.5) is 11.4 Å². The van der Waals surface area contributed by atoms with Gasteiger partial charge in [-0.05, 0) is 53.6 Å². The number of carbonyl (C=O) groups is 2. The minimum atomic E-state index is -3.61. The van der Waals surface area contributed by atoms with Crippen molar-refractivity contribution in [3.8, 4) is 11.5 Å². The van der Waals surface area contributed by atoms with Crippen LogP contribution in [0.1, 0.15) is 21.5 Å². The molecular weight excluding hydrogens is 568 g/mol. The maximum absolute atomic E-state index is 13.3. The van der Waals surface area contributed by atoms with Gasteiger partial charge in [-0.1, -0.05) is 29.8 Å². The fraction of sp³-hybridized carbons (Fsp3) is 0.310. The number of hydrogen-bond acceptors (Lipinski definition) is 8. The first kappa shape index (κ1) is 27.4. The molecule has 3 heterocycles. The van der Waals surface area contributed by atoms with Gasteiger partial charge in [0.25, 0.3) is 5.91 Å². The fourth-order valence-corrected chi connectivity index (χ4v) is 7.04. The van der Waals surface area contributed by atoms with Crippen LogP contribution in [0.5, 0.6) is 11.5 Å². The first-order valence-corrected chi connectivity index (χ1v) is 15.5. The summed E-state index contributed by atoms with van der Waals surface area (Å²) in [6.07, 6.45) is 0. The van der Waals surface area contributed by atoms with E-state index in [0.29, 0.717) is 40.6 Å². The smallest absolute Gasteiger partial charge is 0.254 e. The lowest BCUT2D eigenvalue weighted by atomic mass is 10.1. The molecule has 3 aromatic rings. The van der Waals surface area contributed by atoms with Crippen LogP contribution in [0.3, 0.4) is 0 Å². The molecule has 0 bridgehead atoms. The number of ether oxygens (including phenoxy) is 2. The maximum Gasteiger partial charge on any atom is 0.254 e. The van der Waals surface area contributed by atoms with E-state index in [1.54, 1.807) is 47.4 Å². The Balaban J connectivity index is 1.05. The summed E-state index contributed by atoms with van der Waals surface area (Å²) in [6, 6.07) is 16.7. The van der Waals surface area contributed by atoms with E-state index in [2.05, 4.69) is 15.5 Å². The molecule has 1 fully saturated rings. The lowest BCUT2D eigenvalue weighted by molar-refractivity contribution is -0.116. The average molecular weight is 597 g/mol. The first-order valence-electron chi connectivity index (χ1n) is 13.3. The van der Waals surface area contributed by atoms with Gasteiger partial charge in [-0.3, -0.25) is 14.5 Å². The number of nitrogens with one attached hydrogen (secondary N) is 2. The Morgan fingerprint density at radius 2 is 1.73 bits per heavy atom. The van der Waals surface area contributed by atoms with Gasteiger partial charge in [-0.25, -0.2) is 8.42 Å². The second kappa shape index (κ2) is 11.2. The zero-order valence-electron chi connectivity index (χ0n) is 22.1. The van der Waals surface area contributed by atoms with Crippen molar-refractivity contribution >= 4 is 44.6 Å². The van der Waals surface area contributed by atoms with Crippen LogP contribution in [0, 0.1) is 0 Å². The van der Waals surface area contributed by atoms with Crippen LogP contribution in [-0.4, -0.2) is 74.8 Å². The van der Waals surface area contributed by atoms with Crippen LogP contribution in [-0.2, 0) is 26.9 Å². The van der Waals surface area contributed by atoms with E-state index in [9.17, 15) is 18.0 Å². The Morgan fingerprint density at radius 3 is 2.54 bits per heavy atom. The Morgan fingerprint density at radius 1 is 0.927 bits per heavy atom. The van der Waals surface area contributed by atoms with Crippen molar-refractivity contribution in [1.82, 2.24) is 9.80 Å². The van der Waals surface area contributed by atoms with Gasteiger partial charge in [0, 0.05) is 43.3 Å². The monoisotopic (exact) mass is 596 g/mol. The number of amides is 2. The molecule has 12 heteroatoms. The molecule has 6 rings (SSSR count). The van der Waals surface area contributed by atoms with Crippen molar-refractivity contribution in [2.24, 2.45) is 0 Å². The Hall–Kier alpha value is -3.80. The Kier molecular flexibility index (Phi) is 7.50. The van der Waals surface area contributed by atoms with Crippen LogP contribution < -0.4 is 20.1 Å². The molecule has 41 heavy (non-hydrogen) atoms. The van der Waals surface area contributed by atoms with Gasteiger partial charge in [0.1, 0.15) is 6.04 Å². The van der Waals surface area contributed by atoms with Gasteiger partial charge < -0.3 is 25.0 Å². The number of piperazine rings is 1. The highest BCUT2D eigenvalue weighted by Gasteiger charge is 2.31. The molecule has 0 spiro atoms. The summed E-state index contributed by atoms with van der Waals surface area (Å²) in [5.74, 6) is 0.348. The van der Waals surface area contributed by atoms with Gasteiger partial charge in [-0.2, -0.15) is 0 Å². The van der Waals surface area contributed by atoms with Crippen LogP contribution >= 0.6 is 11.6 Å². The van der Waals surface area contributed by atoms with E-state index in [4.69, 9.17) is 21.1 Å². The quantitative estimate of drug-likeness (QED) is 0.426. The molecule has 0 aromatic heterocycles. The zero-order valence-corrected chi connectivity index (χ0v) is 23.7. The molecule has 2 N–H and O–H groups in total. The minimum absolute atomic E-state index is 0.115. The number of anilines is 2. The van der Waals surface area contributed by atoms with Crippen LogP contribution in [0.2, 0.25) is 5.02 Å². The molecule has 1 saturated heterocycles. The van der Waals surface area contributed by atoms with E-state index in [-0.39, 0.29) is 24.2 Å². The third kappa shape index (κ3) is 6.27. The number of halogens is 1. The van der Waals surface area contributed by atoms with E-state index < -0.39 is 21.8 Å². The molecule has 0 saturated carbocycles. The third-order valence-electron chi connectivity index (χ3n) is 7.37. The molecule has 3 aliphatic rings. The summed E-state index contributed by atoms with van der Waals surface area (Å²) in [7, 11) is -3.61. The standard InChI is InChI=1S/C29H29ClN4O6S/c30-22-3-1-2-20(12-22)16-41(37,38)17-25-28(35)32-24-14-21(5-6-23(24)31-25)29(36)34-10-8-33(9-11-34)15-19-4-7-26-27(13-19)40-18-39-26/h1-7,12-14,25,31H,8-11,15-18H2,(H,32,35). The summed E-state index contributed by atoms with van der Waals surface area (Å²) in [4.78, 5) is 30.2. The molecule has 3 aliphatic heterocycles. The predicted octanol–water partition coefficient (Wildman–Crippen LogP) is 3.37. The molecule has 0 aliphatic carbocycles. The normalized spacial score (nSPS) is 18.4. The average Bonchev–Trinajstić information content (AvgIpc) is 3.41. The molecule has 2 amide bonds. The maximum atomic E-state index is 13.3. The van der Waals surface area contributed by atoms with Crippen LogP contribution in [0.25, 0.3) is 0 Å². The first-order chi connectivity index (χ1) is 19.7. The summed E-state index contributed by atoms with van der Waals surface area (Å²) in [5.41, 5.74) is 3.17. The SMILES string of the molecule is O=C1Nc2cc(C(=O)N3CCN(Cc4ccc5c(c4)OCO5)CC3)ccc2NC1CS(=O)(=O)Cc1cccc(Cl)c1. The molecule has 1 unspecified atom stereocenters. The number of benzene rings is 3. The molecule has 0 radical (unpaired) electrons. The highest BCUT2D eigenvalue weighted by Crippen LogP contribution is 2.33. The van der Waals surface area contributed by atoms with Crippen molar-refractivity contribution in [2.45, 2.75) is 18.3 Å². The van der Waals surface area contributed by atoms with Crippen molar-refractivity contribution in [3.63, 3.8) is 0 Å². The lowest BCUT2D eigenvalue weighted by Gasteiger charge is -2.35. The largest absolute Gasteiger partial charge is 0.454 e. The van der Waals surface area contributed by atoms with Gasteiger partial charge in [0.05, 0.1) is 22.9 Å². The number of sulfone groups is 1. The van der Waals surface area contributed by atoms with Crippen molar-refractivity contribution < 1.29 is 27.5 Å². The number of fused-ring (bicyclic) bond motifs is 2. The number of nitrogens with zero attached hydrogens (tertiary/aromatic N) is 2. The molecule has 1 atom stereocenters. The molecule has 10 nitrogen and oxygen atoms in total. The minimum Gasteiger partial charge on any atom is -0.454 e. The molecule has 3 aromatic carbocycles. The summed E-state index contributed by atoms with van der Waals surface area (Å²) in [5, 5.41) is 6.25. The van der Waals surface area contributed by atoms with E-state index in [1.165, 1.54) is 0 Å². The second-order valence-electron chi connectivity index (χ2n) is 10.4. The van der Waals surface area contributed by atoms with Gasteiger partial charge in [0.2, 0.25) is 12.7 Å².